The summed E-state index contributed by atoms with van der Waals surface area (Å²) in [6, 6.07) is 7.60. The van der Waals surface area contributed by atoms with Crippen LogP contribution in [0.1, 0.15) is 49.8 Å². The molecule has 1 aromatic heterocycles. The molecule has 3 atom stereocenters. The van der Waals surface area contributed by atoms with Crippen molar-refractivity contribution < 1.29 is 19.0 Å². The number of hydrogen-bond acceptors (Lipinski definition) is 5. The molecule has 1 aliphatic carbocycles. The van der Waals surface area contributed by atoms with E-state index in [0.717, 1.165) is 41.3 Å². The zero-order chi connectivity index (χ0) is 22.0. The topological polar surface area (TPSA) is 83.5 Å². The van der Waals surface area contributed by atoms with E-state index >= 15 is 0 Å². The molecular weight excluding hydrogens is 465 g/mol. The third-order valence-electron chi connectivity index (χ3n) is 6.17. The Morgan fingerprint density at radius 2 is 2.13 bits per heavy atom. The minimum atomic E-state index is -0.822. The Labute approximate surface area is 189 Å². The number of amides is 1. The molecule has 2 heterocycles. The number of ether oxygens (including phenoxy) is 1. The van der Waals surface area contributed by atoms with Gasteiger partial charge in [-0.15, -0.1) is 0 Å². The first-order chi connectivity index (χ1) is 14.8. The van der Waals surface area contributed by atoms with E-state index in [9.17, 15) is 14.3 Å². The molecule has 1 spiro atoms. The van der Waals surface area contributed by atoms with E-state index in [-0.39, 0.29) is 23.4 Å². The van der Waals surface area contributed by atoms with Crippen LogP contribution in [0, 0.1) is 5.82 Å². The normalized spacial score (nSPS) is 20.8. The second-order valence-electron chi connectivity index (χ2n) is 8.56. The van der Waals surface area contributed by atoms with Crippen molar-refractivity contribution in [1.82, 2.24) is 15.6 Å². The van der Waals surface area contributed by atoms with Crippen molar-refractivity contribution in [2.45, 2.75) is 62.8 Å². The van der Waals surface area contributed by atoms with Gasteiger partial charge in [0.25, 0.3) is 0 Å². The van der Waals surface area contributed by atoms with Gasteiger partial charge in [-0.25, -0.2) is 9.37 Å². The Morgan fingerprint density at radius 1 is 1.39 bits per heavy atom. The molecular formula is C23H27BrFN3O3. The van der Waals surface area contributed by atoms with Gasteiger partial charge < -0.3 is 20.5 Å². The molecule has 4 rings (SSSR count). The Bertz CT molecular complexity index is 936. The monoisotopic (exact) mass is 491 g/mol. The van der Waals surface area contributed by atoms with Crippen LogP contribution in [0.5, 0.6) is 5.88 Å². The number of aliphatic hydroxyl groups excluding tert-OH is 1. The van der Waals surface area contributed by atoms with Crippen molar-refractivity contribution in [2.24, 2.45) is 0 Å². The van der Waals surface area contributed by atoms with Gasteiger partial charge in [-0.1, -0.05) is 12.1 Å². The first kappa shape index (κ1) is 22.2. The molecule has 1 aromatic carbocycles. The van der Waals surface area contributed by atoms with Crippen molar-refractivity contribution >= 4 is 21.8 Å². The molecule has 1 fully saturated rings. The minimum absolute atomic E-state index is 0.00695. The minimum Gasteiger partial charge on any atom is -0.471 e. The molecule has 166 valence electrons. The van der Waals surface area contributed by atoms with E-state index in [1.165, 1.54) is 19.1 Å². The number of aliphatic hydroxyl groups is 1. The number of carbonyl (C=O) groups excluding carboxylic acids is 1. The fourth-order valence-corrected chi connectivity index (χ4v) is 4.74. The fourth-order valence-electron chi connectivity index (χ4n) is 4.39. The molecule has 2 aromatic rings. The molecule has 1 aliphatic heterocycles. The van der Waals surface area contributed by atoms with Gasteiger partial charge in [-0.2, -0.15) is 0 Å². The summed E-state index contributed by atoms with van der Waals surface area (Å²) in [5.41, 5.74) is 1.63. The number of fused-ring (bicyclic) bond motifs is 1. The van der Waals surface area contributed by atoms with Crippen LogP contribution in [0.2, 0.25) is 0 Å². The summed E-state index contributed by atoms with van der Waals surface area (Å²) in [6.45, 7) is 1.72. The van der Waals surface area contributed by atoms with Crippen LogP contribution in [-0.2, 0) is 11.2 Å². The first-order valence-electron chi connectivity index (χ1n) is 10.6. The number of pyridine rings is 1. The van der Waals surface area contributed by atoms with Crippen molar-refractivity contribution in [3.63, 3.8) is 0 Å². The Balaban J connectivity index is 1.46. The van der Waals surface area contributed by atoms with Crippen LogP contribution in [0.3, 0.4) is 0 Å². The van der Waals surface area contributed by atoms with E-state index in [0.29, 0.717) is 18.8 Å². The summed E-state index contributed by atoms with van der Waals surface area (Å²) in [6.07, 6.45) is 5.28. The molecule has 2 aliphatic rings. The number of nitrogens with zero attached hydrogens (tertiary/aromatic N) is 1. The van der Waals surface area contributed by atoms with Crippen LogP contribution in [0.4, 0.5) is 4.39 Å². The highest BCUT2D eigenvalue weighted by molar-refractivity contribution is 9.10. The van der Waals surface area contributed by atoms with E-state index in [1.54, 1.807) is 18.3 Å². The highest BCUT2D eigenvalue weighted by Gasteiger charge is 2.46. The summed E-state index contributed by atoms with van der Waals surface area (Å²) in [4.78, 5) is 16.2. The standard InChI is InChI=1S/C23H27BrFN3O3/c1-14(29)28-19(9-15-3-5-17(25)6-4-15)21(30)13-26-20-11-23(7-2-8-23)31-22-18(20)10-16(24)12-27-22/h3-6,10,12,19-21,26,30H,2,7-9,11,13H2,1H3,(H,28,29)/t19-,20-,21+/m0/s1. The van der Waals surface area contributed by atoms with Crippen molar-refractivity contribution in [3.8, 4) is 5.88 Å². The van der Waals surface area contributed by atoms with Crippen molar-refractivity contribution in [2.75, 3.05) is 6.54 Å². The maximum absolute atomic E-state index is 13.2. The smallest absolute Gasteiger partial charge is 0.218 e. The highest BCUT2D eigenvalue weighted by Crippen LogP contribution is 2.48. The van der Waals surface area contributed by atoms with Gasteiger partial charge in [0.2, 0.25) is 11.8 Å². The van der Waals surface area contributed by atoms with Gasteiger partial charge in [-0.05, 0) is 65.4 Å². The zero-order valence-electron chi connectivity index (χ0n) is 17.4. The van der Waals surface area contributed by atoms with Crippen LogP contribution < -0.4 is 15.4 Å². The number of rotatable bonds is 7. The molecule has 1 saturated carbocycles. The van der Waals surface area contributed by atoms with Crippen LogP contribution >= 0.6 is 15.9 Å². The van der Waals surface area contributed by atoms with Gasteiger partial charge in [0, 0.05) is 42.2 Å². The predicted molar refractivity (Wildman–Crippen MR) is 118 cm³/mol. The number of halogens is 2. The number of benzene rings is 1. The lowest BCUT2D eigenvalue weighted by Crippen LogP contribution is -2.52. The van der Waals surface area contributed by atoms with Crippen molar-refractivity contribution in [3.05, 3.63) is 57.9 Å². The average Bonchev–Trinajstić information content (AvgIpc) is 2.71. The first-order valence-corrected chi connectivity index (χ1v) is 11.4. The SMILES string of the molecule is CC(=O)N[C@@H](Cc1ccc(F)cc1)[C@H](O)CN[C@H]1CC2(CCC2)Oc2ncc(Br)cc21. The van der Waals surface area contributed by atoms with Gasteiger partial charge in [0.15, 0.2) is 0 Å². The van der Waals surface area contributed by atoms with Crippen LogP contribution in [-0.4, -0.2) is 40.3 Å². The number of hydrogen-bond donors (Lipinski definition) is 3. The summed E-state index contributed by atoms with van der Waals surface area (Å²) in [5, 5.41) is 17.2. The third-order valence-corrected chi connectivity index (χ3v) is 6.60. The molecule has 1 amide bonds. The Hall–Kier alpha value is -2.03. The fraction of sp³-hybridized carbons (Fsp3) is 0.478. The lowest BCUT2D eigenvalue weighted by molar-refractivity contribution is -0.120. The van der Waals surface area contributed by atoms with Gasteiger partial charge in [0.05, 0.1) is 12.1 Å². The molecule has 0 unspecified atom stereocenters. The molecule has 3 N–H and O–H groups in total. The molecule has 0 radical (unpaired) electrons. The molecule has 0 bridgehead atoms. The van der Waals surface area contributed by atoms with E-state index in [1.807, 2.05) is 6.07 Å². The van der Waals surface area contributed by atoms with E-state index in [2.05, 4.69) is 31.5 Å². The highest BCUT2D eigenvalue weighted by atomic mass is 79.9. The molecule has 0 saturated heterocycles. The molecule has 8 heteroatoms. The second kappa shape index (κ2) is 9.22. The number of nitrogens with one attached hydrogen (secondary N) is 2. The number of carbonyl (C=O) groups is 1. The van der Waals surface area contributed by atoms with E-state index in [4.69, 9.17) is 4.74 Å². The molecule has 6 nitrogen and oxygen atoms in total. The Kier molecular flexibility index (Phi) is 6.60. The number of aromatic nitrogens is 1. The largest absolute Gasteiger partial charge is 0.471 e. The lowest BCUT2D eigenvalue weighted by atomic mass is 9.73. The Morgan fingerprint density at radius 3 is 2.77 bits per heavy atom. The maximum atomic E-state index is 13.2. The van der Waals surface area contributed by atoms with Gasteiger partial charge >= 0.3 is 0 Å². The predicted octanol–water partition coefficient (Wildman–Crippen LogP) is 3.43. The molecule has 31 heavy (non-hydrogen) atoms. The lowest BCUT2D eigenvalue weighted by Gasteiger charge is -2.47. The average molecular weight is 492 g/mol. The van der Waals surface area contributed by atoms with Crippen molar-refractivity contribution in [1.29, 1.82) is 0 Å². The van der Waals surface area contributed by atoms with Crippen LogP contribution in [0.25, 0.3) is 0 Å². The summed E-state index contributed by atoms with van der Waals surface area (Å²) in [5.74, 6) is 0.111. The maximum Gasteiger partial charge on any atom is 0.218 e. The zero-order valence-corrected chi connectivity index (χ0v) is 19.0. The van der Waals surface area contributed by atoms with Crippen LogP contribution in [0.15, 0.2) is 41.0 Å². The third kappa shape index (κ3) is 5.25. The van der Waals surface area contributed by atoms with Gasteiger partial charge in [0.1, 0.15) is 11.4 Å². The van der Waals surface area contributed by atoms with Gasteiger partial charge in [-0.3, -0.25) is 4.79 Å². The summed E-state index contributed by atoms with van der Waals surface area (Å²) in [7, 11) is 0. The second-order valence-corrected chi connectivity index (χ2v) is 9.47. The summed E-state index contributed by atoms with van der Waals surface area (Å²) >= 11 is 3.48. The van der Waals surface area contributed by atoms with E-state index < -0.39 is 12.1 Å². The summed E-state index contributed by atoms with van der Waals surface area (Å²) < 4.78 is 20.3. The quantitative estimate of drug-likeness (QED) is 0.552.